The quantitative estimate of drug-likeness (QED) is 0.0343. The van der Waals surface area contributed by atoms with Crippen molar-refractivity contribution in [1.29, 1.82) is 0 Å². The van der Waals surface area contributed by atoms with Crippen LogP contribution < -0.4 is 0 Å². The Morgan fingerprint density at radius 3 is 0.597 bits per heavy atom. The minimum absolute atomic E-state index is 0.0607. The highest BCUT2D eigenvalue weighted by Gasteiger charge is 2.19. The minimum Gasteiger partial charge on any atom is -0.462 e. The summed E-state index contributed by atoms with van der Waals surface area (Å²) in [6.45, 7) is 6.72. The average Bonchev–Trinajstić information content (AvgIpc) is 3.33. The summed E-state index contributed by atoms with van der Waals surface area (Å²) in [7, 11) is 0. The first-order valence-electron chi connectivity index (χ1n) is 30.5. The lowest BCUT2D eigenvalue weighted by atomic mass is 10.0. The van der Waals surface area contributed by atoms with Gasteiger partial charge in [-0.3, -0.25) is 14.4 Å². The Labute approximate surface area is 418 Å². The van der Waals surface area contributed by atoms with Crippen LogP contribution in [-0.2, 0) is 28.6 Å². The van der Waals surface area contributed by atoms with Crippen LogP contribution in [0.25, 0.3) is 0 Å². The normalized spacial score (nSPS) is 11.9. The maximum Gasteiger partial charge on any atom is 0.306 e. The Bertz CT molecular complexity index is 998. The van der Waals surface area contributed by atoms with Crippen molar-refractivity contribution >= 4 is 17.9 Å². The van der Waals surface area contributed by atoms with Crippen LogP contribution in [0.2, 0.25) is 0 Å². The molecule has 0 fully saturated rings. The molecule has 398 valence electrons. The Morgan fingerprint density at radius 2 is 0.403 bits per heavy atom. The molecule has 0 aliphatic carbocycles. The second kappa shape index (κ2) is 57.0. The van der Waals surface area contributed by atoms with Crippen LogP contribution in [0.3, 0.4) is 0 Å². The van der Waals surface area contributed by atoms with E-state index in [1.165, 1.54) is 257 Å². The van der Waals surface area contributed by atoms with E-state index in [0.29, 0.717) is 19.3 Å². The van der Waals surface area contributed by atoms with Crippen LogP contribution >= 0.6 is 0 Å². The second-order valence-corrected chi connectivity index (χ2v) is 21.0. The zero-order valence-corrected chi connectivity index (χ0v) is 45.7. The van der Waals surface area contributed by atoms with E-state index in [2.05, 4.69) is 20.8 Å². The van der Waals surface area contributed by atoms with Crippen LogP contribution in [0.1, 0.15) is 355 Å². The first-order chi connectivity index (χ1) is 33.0. The summed E-state index contributed by atoms with van der Waals surface area (Å²) >= 11 is 0. The number of hydrogen-bond acceptors (Lipinski definition) is 6. The summed E-state index contributed by atoms with van der Waals surface area (Å²) in [5.41, 5.74) is 0. The first kappa shape index (κ1) is 65.4. The fraction of sp³-hybridized carbons (Fsp3) is 0.951. The van der Waals surface area contributed by atoms with Gasteiger partial charge in [-0.2, -0.15) is 0 Å². The Balaban J connectivity index is 4.28. The van der Waals surface area contributed by atoms with Crippen molar-refractivity contribution in [3.8, 4) is 0 Å². The van der Waals surface area contributed by atoms with Gasteiger partial charge in [-0.1, -0.05) is 316 Å². The first-order valence-corrected chi connectivity index (χ1v) is 30.5. The van der Waals surface area contributed by atoms with Crippen molar-refractivity contribution in [3.05, 3.63) is 0 Å². The molecule has 0 aromatic carbocycles. The van der Waals surface area contributed by atoms with Crippen LogP contribution in [-0.4, -0.2) is 37.2 Å². The van der Waals surface area contributed by atoms with Crippen LogP contribution in [0.4, 0.5) is 0 Å². The van der Waals surface area contributed by atoms with Gasteiger partial charge in [-0.05, 0) is 19.3 Å². The van der Waals surface area contributed by atoms with Gasteiger partial charge in [0, 0.05) is 19.3 Å². The molecule has 0 radical (unpaired) electrons. The lowest BCUT2D eigenvalue weighted by Crippen LogP contribution is -2.30. The highest BCUT2D eigenvalue weighted by atomic mass is 16.6. The molecule has 0 aromatic heterocycles. The number of unbranched alkanes of at least 4 members (excludes halogenated alkanes) is 46. The summed E-state index contributed by atoms with van der Waals surface area (Å²) in [6.07, 6.45) is 63.8. The van der Waals surface area contributed by atoms with Gasteiger partial charge in [0.05, 0.1) is 0 Å². The summed E-state index contributed by atoms with van der Waals surface area (Å²) in [5.74, 6) is -0.827. The lowest BCUT2D eigenvalue weighted by molar-refractivity contribution is -0.167. The summed E-state index contributed by atoms with van der Waals surface area (Å²) in [6, 6.07) is 0. The van der Waals surface area contributed by atoms with Gasteiger partial charge < -0.3 is 14.2 Å². The van der Waals surface area contributed by atoms with E-state index in [9.17, 15) is 14.4 Å². The molecular formula is C61H118O6. The predicted octanol–water partition coefficient (Wildman–Crippen LogP) is 20.3. The van der Waals surface area contributed by atoms with E-state index in [4.69, 9.17) is 14.2 Å². The van der Waals surface area contributed by atoms with E-state index in [1.54, 1.807) is 0 Å². The van der Waals surface area contributed by atoms with Crippen LogP contribution in [0, 0.1) is 0 Å². The molecule has 0 saturated carbocycles. The smallest absolute Gasteiger partial charge is 0.306 e. The highest BCUT2D eigenvalue weighted by Crippen LogP contribution is 2.18. The van der Waals surface area contributed by atoms with Gasteiger partial charge >= 0.3 is 17.9 Å². The highest BCUT2D eigenvalue weighted by molar-refractivity contribution is 5.71. The van der Waals surface area contributed by atoms with Gasteiger partial charge in [-0.15, -0.1) is 0 Å². The van der Waals surface area contributed by atoms with Crippen LogP contribution in [0.15, 0.2) is 0 Å². The number of hydrogen-bond donors (Lipinski definition) is 0. The van der Waals surface area contributed by atoms with Crippen molar-refractivity contribution in [2.75, 3.05) is 13.2 Å². The van der Waals surface area contributed by atoms with E-state index >= 15 is 0 Å². The molecule has 0 aliphatic heterocycles. The number of rotatable bonds is 57. The molecule has 1 atom stereocenters. The number of esters is 3. The van der Waals surface area contributed by atoms with E-state index in [0.717, 1.165) is 57.8 Å². The topological polar surface area (TPSA) is 78.9 Å². The standard InChI is InChI=1S/C61H118O6/c1-4-7-10-13-16-19-22-25-28-30-31-34-37-40-43-46-49-52-55-61(64)67-58(56-65-59(62)53-50-47-44-41-38-35-32-27-24-21-18-15-12-9-6-3)57-66-60(63)54-51-48-45-42-39-36-33-29-26-23-20-17-14-11-8-5-2/h58H,4-57H2,1-3H3/t58-/m1/s1. The maximum atomic E-state index is 12.9. The molecule has 0 aliphatic rings. The molecule has 0 unspecified atom stereocenters. The summed E-state index contributed by atoms with van der Waals surface area (Å²) < 4.78 is 16.9. The fourth-order valence-electron chi connectivity index (χ4n) is 9.51. The molecule has 0 bridgehead atoms. The molecule has 0 heterocycles. The Morgan fingerprint density at radius 1 is 0.239 bits per heavy atom. The SMILES string of the molecule is CCCCCCCCCCCCCCCCCCCCC(=O)O[C@H](COC(=O)CCCCCCCCCCCCCCCCC)COC(=O)CCCCCCCCCCCCCCCCCC. The van der Waals surface area contributed by atoms with Gasteiger partial charge in [0.15, 0.2) is 6.10 Å². The molecule has 6 heteroatoms. The van der Waals surface area contributed by atoms with E-state index in [1.807, 2.05) is 0 Å². The van der Waals surface area contributed by atoms with E-state index in [-0.39, 0.29) is 31.1 Å². The third-order valence-corrected chi connectivity index (χ3v) is 14.1. The summed E-state index contributed by atoms with van der Waals surface area (Å²) in [5, 5.41) is 0. The maximum absolute atomic E-state index is 12.9. The van der Waals surface area contributed by atoms with Crippen molar-refractivity contribution < 1.29 is 28.6 Å². The zero-order valence-electron chi connectivity index (χ0n) is 45.7. The van der Waals surface area contributed by atoms with E-state index < -0.39 is 6.10 Å². The van der Waals surface area contributed by atoms with Crippen molar-refractivity contribution in [3.63, 3.8) is 0 Å². The van der Waals surface area contributed by atoms with Crippen molar-refractivity contribution in [2.24, 2.45) is 0 Å². The number of ether oxygens (including phenoxy) is 3. The third-order valence-electron chi connectivity index (χ3n) is 14.1. The second-order valence-electron chi connectivity index (χ2n) is 21.0. The summed E-state index contributed by atoms with van der Waals surface area (Å²) in [4.78, 5) is 38.2. The zero-order chi connectivity index (χ0) is 48.6. The number of carbonyl (C=O) groups excluding carboxylic acids is 3. The molecule has 0 saturated heterocycles. The van der Waals surface area contributed by atoms with Gasteiger partial charge in [0.25, 0.3) is 0 Å². The average molecular weight is 948 g/mol. The largest absolute Gasteiger partial charge is 0.462 e. The van der Waals surface area contributed by atoms with Crippen LogP contribution in [0.5, 0.6) is 0 Å². The monoisotopic (exact) mass is 947 g/mol. The third kappa shape index (κ3) is 55.2. The molecule has 0 spiro atoms. The van der Waals surface area contributed by atoms with Gasteiger partial charge in [0.1, 0.15) is 13.2 Å². The minimum atomic E-state index is -0.761. The van der Waals surface area contributed by atoms with Crippen molar-refractivity contribution in [1.82, 2.24) is 0 Å². The molecular weight excluding hydrogens is 829 g/mol. The fourth-order valence-corrected chi connectivity index (χ4v) is 9.51. The molecule has 6 nitrogen and oxygen atoms in total. The molecule has 0 N–H and O–H groups in total. The Hall–Kier alpha value is -1.59. The predicted molar refractivity (Wildman–Crippen MR) is 289 cm³/mol. The lowest BCUT2D eigenvalue weighted by Gasteiger charge is -2.18. The molecule has 0 amide bonds. The molecule has 67 heavy (non-hydrogen) atoms. The van der Waals surface area contributed by atoms with Crippen molar-refractivity contribution in [2.45, 2.75) is 361 Å². The number of carbonyl (C=O) groups is 3. The molecule has 0 aromatic rings. The van der Waals surface area contributed by atoms with Gasteiger partial charge in [-0.25, -0.2) is 0 Å². The Kier molecular flexibility index (Phi) is 55.6. The molecule has 0 rings (SSSR count). The van der Waals surface area contributed by atoms with Gasteiger partial charge in [0.2, 0.25) is 0 Å².